The molecule has 0 saturated heterocycles. The molecule has 0 spiro atoms. The summed E-state index contributed by atoms with van der Waals surface area (Å²) < 4.78 is 0. The van der Waals surface area contributed by atoms with E-state index in [1.54, 1.807) is 6.08 Å². The molecule has 0 radical (unpaired) electrons. The topological polar surface area (TPSA) is 42.0 Å². The average Bonchev–Trinajstić information content (AvgIpc) is 2.56. The number of pyridine rings is 1. The Morgan fingerprint density at radius 2 is 1.71 bits per heavy atom. The number of amides is 1. The van der Waals surface area contributed by atoms with E-state index in [2.05, 4.69) is 29.4 Å². The number of para-hydroxylation sites is 1. The Balaban J connectivity index is 1.77. The van der Waals surface area contributed by atoms with Gasteiger partial charge in [0.25, 0.3) is 0 Å². The minimum Gasteiger partial charge on any atom is -0.322 e. The second kappa shape index (κ2) is 6.67. The van der Waals surface area contributed by atoms with Gasteiger partial charge in [0.05, 0.1) is 11.2 Å². The molecule has 0 bridgehead atoms. The van der Waals surface area contributed by atoms with Crippen LogP contribution in [0.4, 0.5) is 5.69 Å². The summed E-state index contributed by atoms with van der Waals surface area (Å²) in [4.78, 5) is 16.7. The van der Waals surface area contributed by atoms with Gasteiger partial charge < -0.3 is 5.32 Å². The molecular weight excluding hydrogens is 296 g/mol. The molecule has 1 amide bonds. The Labute approximate surface area is 142 Å². The van der Waals surface area contributed by atoms with Gasteiger partial charge in [-0.05, 0) is 50.1 Å². The van der Waals surface area contributed by atoms with Gasteiger partial charge >= 0.3 is 0 Å². The second-order valence-electron chi connectivity index (χ2n) is 6.03. The first-order chi connectivity index (χ1) is 11.5. The number of fused-ring (bicyclic) bond motifs is 1. The summed E-state index contributed by atoms with van der Waals surface area (Å²) in [6.07, 6.45) is 3.26. The molecule has 3 rings (SSSR count). The van der Waals surface area contributed by atoms with Crippen molar-refractivity contribution in [3.63, 3.8) is 0 Å². The van der Waals surface area contributed by atoms with Gasteiger partial charge in [0.1, 0.15) is 0 Å². The van der Waals surface area contributed by atoms with Crippen LogP contribution in [-0.2, 0) is 4.79 Å². The van der Waals surface area contributed by atoms with E-state index in [9.17, 15) is 4.79 Å². The molecule has 0 fully saturated rings. The van der Waals surface area contributed by atoms with E-state index in [4.69, 9.17) is 0 Å². The van der Waals surface area contributed by atoms with Gasteiger partial charge in [-0.1, -0.05) is 42.0 Å². The zero-order chi connectivity index (χ0) is 17.1. The van der Waals surface area contributed by atoms with Crippen LogP contribution in [0, 0.1) is 20.8 Å². The predicted molar refractivity (Wildman–Crippen MR) is 100 cm³/mol. The third-order valence-electron chi connectivity index (χ3n) is 3.95. The number of nitrogens with one attached hydrogen (secondary N) is 1. The minimum atomic E-state index is -0.153. The lowest BCUT2D eigenvalue weighted by Gasteiger charge is -2.11. The molecule has 120 valence electrons. The maximum absolute atomic E-state index is 12.2. The van der Waals surface area contributed by atoms with Gasteiger partial charge in [0.15, 0.2) is 0 Å². The number of benzene rings is 2. The lowest BCUT2D eigenvalue weighted by Crippen LogP contribution is -2.10. The highest BCUT2D eigenvalue weighted by Crippen LogP contribution is 2.22. The van der Waals surface area contributed by atoms with Gasteiger partial charge in [-0.25, -0.2) is 4.98 Å². The zero-order valence-corrected chi connectivity index (χ0v) is 14.1. The van der Waals surface area contributed by atoms with Gasteiger partial charge in [-0.3, -0.25) is 4.79 Å². The van der Waals surface area contributed by atoms with Gasteiger partial charge in [-0.15, -0.1) is 0 Å². The van der Waals surface area contributed by atoms with Crippen molar-refractivity contribution in [2.75, 3.05) is 5.32 Å². The largest absolute Gasteiger partial charge is 0.322 e. The van der Waals surface area contributed by atoms with Crippen molar-refractivity contribution < 1.29 is 4.79 Å². The van der Waals surface area contributed by atoms with Gasteiger partial charge in [0, 0.05) is 17.1 Å². The SMILES string of the molecule is Cc1cc(C)c(NC(=O)C=Cc2ccc3ccccc3n2)c(C)c1. The third-order valence-corrected chi connectivity index (χ3v) is 3.95. The van der Waals surface area contributed by atoms with E-state index in [1.807, 2.05) is 50.2 Å². The molecule has 1 heterocycles. The Morgan fingerprint density at radius 1 is 1.00 bits per heavy atom. The minimum absolute atomic E-state index is 0.153. The average molecular weight is 316 g/mol. The Kier molecular flexibility index (Phi) is 4.43. The first-order valence-electron chi connectivity index (χ1n) is 7.95. The molecule has 0 atom stereocenters. The van der Waals surface area contributed by atoms with E-state index in [0.29, 0.717) is 0 Å². The standard InChI is InChI=1S/C21H20N2O/c1-14-12-15(2)21(16(3)13-14)23-20(24)11-10-18-9-8-17-6-4-5-7-19(17)22-18/h4-13H,1-3H3,(H,23,24). The molecule has 3 aromatic rings. The van der Waals surface area contributed by atoms with Crippen molar-refractivity contribution in [3.05, 3.63) is 77.0 Å². The predicted octanol–water partition coefficient (Wildman–Crippen LogP) is 4.81. The molecule has 1 aromatic heterocycles. The Morgan fingerprint density at radius 3 is 2.46 bits per heavy atom. The summed E-state index contributed by atoms with van der Waals surface area (Å²) >= 11 is 0. The number of nitrogens with zero attached hydrogens (tertiary/aromatic N) is 1. The van der Waals surface area contributed by atoms with Crippen molar-refractivity contribution in [2.24, 2.45) is 0 Å². The highest BCUT2D eigenvalue weighted by atomic mass is 16.1. The van der Waals surface area contributed by atoms with Gasteiger partial charge in [0.2, 0.25) is 5.91 Å². The highest BCUT2D eigenvalue weighted by Gasteiger charge is 2.06. The number of hydrogen-bond acceptors (Lipinski definition) is 2. The maximum atomic E-state index is 12.2. The Hall–Kier alpha value is -2.94. The number of rotatable bonds is 3. The van der Waals surface area contributed by atoms with Crippen LogP contribution in [0.1, 0.15) is 22.4 Å². The Bertz CT molecular complexity index is 918. The van der Waals surface area contributed by atoms with Crippen LogP contribution in [0.15, 0.2) is 54.6 Å². The molecular formula is C21H20N2O. The molecule has 0 aliphatic carbocycles. The number of carbonyl (C=O) groups is 1. The van der Waals surface area contributed by atoms with Crippen LogP contribution in [0.25, 0.3) is 17.0 Å². The van der Waals surface area contributed by atoms with E-state index in [-0.39, 0.29) is 5.91 Å². The zero-order valence-electron chi connectivity index (χ0n) is 14.1. The number of aromatic nitrogens is 1. The highest BCUT2D eigenvalue weighted by molar-refractivity contribution is 6.02. The number of aryl methyl sites for hydroxylation is 3. The fourth-order valence-electron chi connectivity index (χ4n) is 2.88. The number of carbonyl (C=O) groups excluding carboxylic acids is 1. The maximum Gasteiger partial charge on any atom is 0.248 e. The monoisotopic (exact) mass is 316 g/mol. The number of anilines is 1. The lowest BCUT2D eigenvalue weighted by molar-refractivity contribution is -0.111. The molecule has 24 heavy (non-hydrogen) atoms. The van der Waals surface area contributed by atoms with Crippen molar-refractivity contribution in [3.8, 4) is 0 Å². The molecule has 0 aliphatic rings. The summed E-state index contributed by atoms with van der Waals surface area (Å²) in [6.45, 7) is 6.06. The third kappa shape index (κ3) is 3.51. The van der Waals surface area contributed by atoms with E-state index in [1.165, 1.54) is 11.6 Å². The summed E-state index contributed by atoms with van der Waals surface area (Å²) in [5.74, 6) is -0.153. The van der Waals surface area contributed by atoms with Crippen molar-refractivity contribution in [1.29, 1.82) is 0 Å². The first kappa shape index (κ1) is 15.9. The molecule has 0 saturated carbocycles. The van der Waals surface area contributed by atoms with E-state index >= 15 is 0 Å². The van der Waals surface area contributed by atoms with Crippen LogP contribution in [0.5, 0.6) is 0 Å². The van der Waals surface area contributed by atoms with Crippen molar-refractivity contribution >= 4 is 28.6 Å². The van der Waals surface area contributed by atoms with Crippen LogP contribution in [0.3, 0.4) is 0 Å². The van der Waals surface area contributed by atoms with Crippen LogP contribution >= 0.6 is 0 Å². The lowest BCUT2D eigenvalue weighted by atomic mass is 10.1. The van der Waals surface area contributed by atoms with E-state index < -0.39 is 0 Å². The summed E-state index contributed by atoms with van der Waals surface area (Å²) in [5, 5.41) is 4.05. The van der Waals surface area contributed by atoms with Crippen LogP contribution < -0.4 is 5.32 Å². The smallest absolute Gasteiger partial charge is 0.248 e. The first-order valence-corrected chi connectivity index (χ1v) is 7.95. The van der Waals surface area contributed by atoms with Crippen molar-refractivity contribution in [1.82, 2.24) is 4.98 Å². The normalized spacial score (nSPS) is 11.1. The molecule has 1 N–H and O–H groups in total. The second-order valence-corrected chi connectivity index (χ2v) is 6.03. The molecule has 0 unspecified atom stereocenters. The summed E-state index contributed by atoms with van der Waals surface area (Å²) in [6, 6.07) is 16.0. The fourth-order valence-corrected chi connectivity index (χ4v) is 2.88. The van der Waals surface area contributed by atoms with Gasteiger partial charge in [-0.2, -0.15) is 0 Å². The summed E-state index contributed by atoms with van der Waals surface area (Å²) in [5.41, 5.74) is 5.89. The fraction of sp³-hybridized carbons (Fsp3) is 0.143. The molecule has 3 heteroatoms. The van der Waals surface area contributed by atoms with Crippen molar-refractivity contribution in [2.45, 2.75) is 20.8 Å². The molecule has 2 aromatic carbocycles. The van der Waals surface area contributed by atoms with E-state index in [0.717, 1.165) is 33.4 Å². The summed E-state index contributed by atoms with van der Waals surface area (Å²) in [7, 11) is 0. The quantitative estimate of drug-likeness (QED) is 0.704. The molecule has 3 nitrogen and oxygen atoms in total. The number of hydrogen-bond donors (Lipinski definition) is 1. The molecule has 0 aliphatic heterocycles. The van der Waals surface area contributed by atoms with Crippen LogP contribution in [-0.4, -0.2) is 10.9 Å². The van der Waals surface area contributed by atoms with Crippen LogP contribution in [0.2, 0.25) is 0 Å².